The van der Waals surface area contributed by atoms with E-state index >= 15 is 0 Å². The maximum absolute atomic E-state index is 12.7. The molecule has 0 saturated heterocycles. The van der Waals surface area contributed by atoms with Gasteiger partial charge in [0.15, 0.2) is 5.11 Å². The van der Waals surface area contributed by atoms with Crippen LogP contribution >= 0.6 is 23.6 Å². The molecule has 20 heavy (non-hydrogen) atoms. The van der Waals surface area contributed by atoms with Crippen LogP contribution in [0.15, 0.2) is 40.8 Å². The third-order valence-electron chi connectivity index (χ3n) is 2.62. The van der Waals surface area contributed by atoms with Crippen molar-refractivity contribution in [3.8, 4) is 0 Å². The van der Waals surface area contributed by atoms with Crippen molar-refractivity contribution in [2.24, 2.45) is 5.10 Å². The molecule has 104 valence electrons. The molecule has 0 spiro atoms. The van der Waals surface area contributed by atoms with Crippen LogP contribution in [0.1, 0.15) is 16.0 Å². The molecule has 1 heterocycles. The lowest BCUT2D eigenvalue weighted by molar-refractivity contribution is 0.626. The second-order valence-electron chi connectivity index (χ2n) is 4.15. The number of benzene rings is 1. The van der Waals surface area contributed by atoms with Crippen LogP contribution in [0.2, 0.25) is 0 Å². The second kappa shape index (κ2) is 7.12. The number of halogens is 1. The van der Waals surface area contributed by atoms with Crippen LogP contribution in [0, 0.1) is 12.7 Å². The second-order valence-corrected chi connectivity index (χ2v) is 5.50. The Morgan fingerprint density at radius 1 is 1.35 bits per heavy atom. The fraction of sp³-hybridized carbons (Fsp3) is 0.143. The van der Waals surface area contributed by atoms with Gasteiger partial charge in [0.2, 0.25) is 0 Å². The first-order valence-electron chi connectivity index (χ1n) is 6.00. The van der Waals surface area contributed by atoms with Gasteiger partial charge in [-0.25, -0.2) is 4.39 Å². The summed E-state index contributed by atoms with van der Waals surface area (Å²) < 4.78 is 12.7. The van der Waals surface area contributed by atoms with Gasteiger partial charge in [0, 0.05) is 11.4 Å². The highest BCUT2D eigenvalue weighted by Crippen LogP contribution is 2.12. The van der Waals surface area contributed by atoms with Crippen molar-refractivity contribution in [1.82, 2.24) is 10.7 Å². The zero-order chi connectivity index (χ0) is 14.4. The maximum Gasteiger partial charge on any atom is 0.187 e. The zero-order valence-electron chi connectivity index (χ0n) is 10.9. The summed E-state index contributed by atoms with van der Waals surface area (Å²) in [6.45, 7) is 2.56. The fourth-order valence-corrected chi connectivity index (χ4v) is 2.40. The topological polar surface area (TPSA) is 36.4 Å². The van der Waals surface area contributed by atoms with Crippen LogP contribution in [0.5, 0.6) is 0 Å². The van der Waals surface area contributed by atoms with E-state index in [0.29, 0.717) is 11.7 Å². The summed E-state index contributed by atoms with van der Waals surface area (Å²) in [5, 5.41) is 9.52. The summed E-state index contributed by atoms with van der Waals surface area (Å²) in [4.78, 5) is 1.10. The molecule has 0 unspecified atom stereocenters. The first kappa shape index (κ1) is 14.6. The molecule has 0 aliphatic heterocycles. The minimum Gasteiger partial charge on any atom is -0.357 e. The Balaban J connectivity index is 1.77. The minimum atomic E-state index is -0.245. The highest BCUT2D eigenvalue weighted by Gasteiger charge is 1.97. The number of thiocarbonyl (C=S) groups is 1. The van der Waals surface area contributed by atoms with Gasteiger partial charge in [0.05, 0.1) is 6.21 Å². The van der Waals surface area contributed by atoms with E-state index in [1.165, 1.54) is 17.7 Å². The Labute approximate surface area is 126 Å². The molecule has 0 aliphatic rings. The third kappa shape index (κ3) is 4.40. The molecule has 1 aromatic carbocycles. The van der Waals surface area contributed by atoms with Crippen LogP contribution in [-0.4, -0.2) is 11.3 Å². The van der Waals surface area contributed by atoms with E-state index in [0.717, 1.165) is 10.4 Å². The van der Waals surface area contributed by atoms with E-state index in [9.17, 15) is 4.39 Å². The predicted molar refractivity (Wildman–Crippen MR) is 85.6 cm³/mol. The first-order valence-corrected chi connectivity index (χ1v) is 7.29. The molecule has 0 amide bonds. The number of hydrogen-bond acceptors (Lipinski definition) is 3. The molecular weight excluding hydrogens is 293 g/mol. The van der Waals surface area contributed by atoms with Gasteiger partial charge < -0.3 is 5.32 Å². The lowest BCUT2D eigenvalue weighted by atomic mass is 10.2. The summed E-state index contributed by atoms with van der Waals surface area (Å²) in [5.74, 6) is -0.245. The van der Waals surface area contributed by atoms with E-state index < -0.39 is 0 Å². The van der Waals surface area contributed by atoms with Crippen LogP contribution < -0.4 is 10.7 Å². The average Bonchev–Trinajstić information content (AvgIpc) is 2.84. The van der Waals surface area contributed by atoms with Crippen molar-refractivity contribution in [2.75, 3.05) is 0 Å². The predicted octanol–water partition coefficient (Wildman–Crippen LogP) is 3.19. The van der Waals surface area contributed by atoms with Gasteiger partial charge in [-0.1, -0.05) is 12.1 Å². The maximum atomic E-state index is 12.7. The molecule has 2 N–H and O–H groups in total. The Morgan fingerprint density at radius 2 is 2.10 bits per heavy atom. The number of nitrogens with zero attached hydrogens (tertiary/aromatic N) is 1. The lowest BCUT2D eigenvalue weighted by Crippen LogP contribution is -2.31. The number of thiophene rings is 1. The Hall–Kier alpha value is -1.79. The summed E-state index contributed by atoms with van der Waals surface area (Å²) in [5.41, 5.74) is 4.89. The molecule has 0 atom stereocenters. The monoisotopic (exact) mass is 307 g/mol. The number of rotatable bonds is 4. The summed E-state index contributed by atoms with van der Waals surface area (Å²) in [6.07, 6.45) is 1.74. The van der Waals surface area contributed by atoms with Crippen molar-refractivity contribution >= 4 is 34.9 Å². The van der Waals surface area contributed by atoms with Crippen LogP contribution in [0.3, 0.4) is 0 Å². The van der Waals surface area contributed by atoms with E-state index in [4.69, 9.17) is 12.2 Å². The molecule has 0 bridgehead atoms. The van der Waals surface area contributed by atoms with Crippen LogP contribution in [-0.2, 0) is 6.54 Å². The molecule has 0 saturated carbocycles. The fourth-order valence-electron chi connectivity index (χ4n) is 1.49. The SMILES string of the molecule is Cc1ccsc1/C=N\NC(=S)NCc1ccc(F)cc1. The standard InChI is InChI=1S/C14H14FN3S2/c1-10-6-7-20-13(10)9-17-18-14(19)16-8-11-2-4-12(15)5-3-11/h2-7,9H,8H2,1H3,(H2,16,18,19)/b17-9-. The zero-order valence-corrected chi connectivity index (χ0v) is 12.5. The normalized spacial score (nSPS) is 10.7. The number of nitrogens with one attached hydrogen (secondary N) is 2. The molecular formula is C14H14FN3S2. The van der Waals surface area contributed by atoms with Gasteiger partial charge in [0.1, 0.15) is 5.82 Å². The van der Waals surface area contributed by atoms with Gasteiger partial charge >= 0.3 is 0 Å². The molecule has 2 rings (SSSR count). The van der Waals surface area contributed by atoms with Gasteiger partial charge in [-0.2, -0.15) is 5.10 Å². The summed E-state index contributed by atoms with van der Waals surface area (Å²) >= 11 is 6.72. The van der Waals surface area contributed by atoms with Crippen molar-refractivity contribution < 1.29 is 4.39 Å². The number of hydrazone groups is 1. The van der Waals surface area contributed by atoms with Crippen molar-refractivity contribution in [3.63, 3.8) is 0 Å². The van der Waals surface area contributed by atoms with Crippen LogP contribution in [0.4, 0.5) is 4.39 Å². The highest BCUT2D eigenvalue weighted by molar-refractivity contribution is 7.80. The average molecular weight is 307 g/mol. The van der Waals surface area contributed by atoms with E-state index in [-0.39, 0.29) is 5.82 Å². The van der Waals surface area contributed by atoms with Gasteiger partial charge in [-0.05, 0) is 53.8 Å². The van der Waals surface area contributed by atoms with Crippen molar-refractivity contribution in [1.29, 1.82) is 0 Å². The smallest absolute Gasteiger partial charge is 0.187 e. The Bertz CT molecular complexity index is 605. The summed E-state index contributed by atoms with van der Waals surface area (Å²) in [7, 11) is 0. The third-order valence-corrected chi connectivity index (χ3v) is 3.81. The van der Waals surface area contributed by atoms with Crippen molar-refractivity contribution in [3.05, 3.63) is 57.5 Å². The van der Waals surface area contributed by atoms with Gasteiger partial charge in [0.25, 0.3) is 0 Å². The molecule has 6 heteroatoms. The lowest BCUT2D eigenvalue weighted by Gasteiger charge is -2.06. The van der Waals surface area contributed by atoms with E-state index in [1.807, 2.05) is 18.4 Å². The van der Waals surface area contributed by atoms with E-state index in [1.54, 1.807) is 29.7 Å². The van der Waals surface area contributed by atoms with Gasteiger partial charge in [-0.3, -0.25) is 5.43 Å². The van der Waals surface area contributed by atoms with Gasteiger partial charge in [-0.15, -0.1) is 11.3 Å². The quantitative estimate of drug-likeness (QED) is 0.517. The largest absolute Gasteiger partial charge is 0.357 e. The first-order chi connectivity index (χ1) is 9.65. The van der Waals surface area contributed by atoms with Crippen molar-refractivity contribution in [2.45, 2.75) is 13.5 Å². The Morgan fingerprint density at radius 3 is 2.75 bits per heavy atom. The summed E-state index contributed by atoms with van der Waals surface area (Å²) in [6, 6.07) is 8.31. The highest BCUT2D eigenvalue weighted by atomic mass is 32.1. The minimum absolute atomic E-state index is 0.245. The number of aryl methyl sites for hydroxylation is 1. The molecule has 0 fully saturated rings. The molecule has 0 radical (unpaired) electrons. The van der Waals surface area contributed by atoms with E-state index in [2.05, 4.69) is 15.8 Å². The Kier molecular flexibility index (Phi) is 5.20. The molecule has 2 aromatic rings. The number of hydrogen-bond donors (Lipinski definition) is 2. The molecule has 1 aromatic heterocycles. The molecule has 0 aliphatic carbocycles. The van der Waals surface area contributed by atoms with Crippen LogP contribution in [0.25, 0.3) is 0 Å². The molecule has 3 nitrogen and oxygen atoms in total.